The third-order valence-electron chi connectivity index (χ3n) is 5.61. The average molecular weight is 508 g/mol. The summed E-state index contributed by atoms with van der Waals surface area (Å²) in [4.78, 5) is 24.1. The van der Waals surface area contributed by atoms with Gasteiger partial charge in [-0.15, -0.1) is 0 Å². The second-order valence-electron chi connectivity index (χ2n) is 7.79. The monoisotopic (exact) mass is 507 g/mol. The summed E-state index contributed by atoms with van der Waals surface area (Å²) in [5.41, 5.74) is 2.97. The molecule has 0 atom stereocenters. The molecule has 0 aliphatic carbocycles. The molecule has 0 bridgehead atoms. The molecule has 0 spiro atoms. The lowest BCUT2D eigenvalue weighted by Gasteiger charge is -2.17. The second-order valence-corrected chi connectivity index (χ2v) is 10.2. The molecule has 3 aromatic rings. The molecule has 1 amide bonds. The van der Waals surface area contributed by atoms with Crippen molar-refractivity contribution in [3.63, 3.8) is 0 Å². The highest BCUT2D eigenvalue weighted by Gasteiger charge is 2.39. The van der Waals surface area contributed by atoms with E-state index >= 15 is 0 Å². The van der Waals surface area contributed by atoms with Gasteiger partial charge in [-0.05, 0) is 60.1 Å². The number of nitrogens with zero attached hydrogens (tertiary/aromatic N) is 3. The Morgan fingerprint density at radius 2 is 1.76 bits per heavy atom. The van der Waals surface area contributed by atoms with Crippen LogP contribution >= 0.6 is 35.1 Å². The van der Waals surface area contributed by atoms with Crippen LogP contribution in [0.1, 0.15) is 5.56 Å². The van der Waals surface area contributed by atoms with Crippen LogP contribution in [0.4, 0.5) is 11.4 Å². The molecule has 0 N–H and O–H groups in total. The van der Waals surface area contributed by atoms with Crippen LogP contribution < -0.4 is 9.64 Å². The van der Waals surface area contributed by atoms with Crippen LogP contribution in [0.25, 0.3) is 0 Å². The van der Waals surface area contributed by atoms with Crippen LogP contribution in [0.15, 0.2) is 92.6 Å². The number of rotatable bonds is 5. The summed E-state index contributed by atoms with van der Waals surface area (Å²) in [6.45, 7) is 0.550. The van der Waals surface area contributed by atoms with Gasteiger partial charge in [0.2, 0.25) is 0 Å². The number of methoxy groups -OCH3 is 1. The number of aliphatic imine (C=N–C) groups is 1. The van der Waals surface area contributed by atoms with Gasteiger partial charge >= 0.3 is 0 Å². The normalized spacial score (nSPS) is 18.7. The molecule has 0 radical (unpaired) electrons. The molecule has 1 fully saturated rings. The minimum atomic E-state index is -0.0252. The van der Waals surface area contributed by atoms with Gasteiger partial charge in [-0.1, -0.05) is 53.7 Å². The number of halogens is 1. The molecule has 0 saturated carbocycles. The van der Waals surface area contributed by atoms with Crippen molar-refractivity contribution in [2.75, 3.05) is 25.6 Å². The molecule has 2 heterocycles. The first-order chi connectivity index (χ1) is 16.5. The Morgan fingerprint density at radius 1 is 1.00 bits per heavy atom. The Bertz CT molecular complexity index is 1290. The number of benzene rings is 3. The van der Waals surface area contributed by atoms with Crippen LogP contribution in [-0.2, 0) is 11.2 Å². The quantitative estimate of drug-likeness (QED) is 0.366. The van der Waals surface area contributed by atoms with Crippen molar-refractivity contribution in [2.45, 2.75) is 11.3 Å². The van der Waals surface area contributed by atoms with Crippen LogP contribution in [0.5, 0.6) is 5.75 Å². The zero-order valence-electron chi connectivity index (χ0n) is 18.7. The summed E-state index contributed by atoms with van der Waals surface area (Å²) in [5.74, 6) is 0.764. The minimum Gasteiger partial charge on any atom is -0.497 e. The number of hydrogen-bond donors (Lipinski definition) is 0. The second kappa shape index (κ2) is 9.78. The molecule has 0 aromatic heterocycles. The van der Waals surface area contributed by atoms with Gasteiger partial charge < -0.3 is 9.64 Å². The Labute approximate surface area is 212 Å². The highest BCUT2D eigenvalue weighted by molar-refractivity contribution is 8.19. The Morgan fingerprint density at radius 3 is 2.50 bits per heavy atom. The summed E-state index contributed by atoms with van der Waals surface area (Å²) >= 11 is 9.07. The highest BCUT2D eigenvalue weighted by atomic mass is 35.5. The van der Waals surface area contributed by atoms with E-state index in [0.29, 0.717) is 21.6 Å². The molecule has 2 aliphatic rings. The number of amides is 1. The van der Waals surface area contributed by atoms with E-state index < -0.39 is 0 Å². The van der Waals surface area contributed by atoms with Crippen LogP contribution in [0, 0.1) is 0 Å². The molecule has 34 heavy (non-hydrogen) atoms. The largest absolute Gasteiger partial charge is 0.497 e. The fourth-order valence-corrected chi connectivity index (χ4v) is 6.26. The zero-order valence-corrected chi connectivity index (χ0v) is 21.1. The van der Waals surface area contributed by atoms with Crippen molar-refractivity contribution in [1.29, 1.82) is 0 Å². The molecule has 8 heteroatoms. The molecule has 5 rings (SSSR count). The number of anilines is 1. The van der Waals surface area contributed by atoms with Crippen molar-refractivity contribution in [3.8, 4) is 5.75 Å². The first-order valence-electron chi connectivity index (χ1n) is 10.8. The van der Waals surface area contributed by atoms with Gasteiger partial charge in [-0.2, -0.15) is 0 Å². The number of hydrogen-bond acceptors (Lipinski definition) is 6. The van der Waals surface area contributed by atoms with Gasteiger partial charge in [0.25, 0.3) is 5.91 Å². The Kier molecular flexibility index (Phi) is 6.59. The number of ether oxygens (including phenoxy) is 1. The van der Waals surface area contributed by atoms with Gasteiger partial charge in [0, 0.05) is 29.6 Å². The van der Waals surface area contributed by atoms with Gasteiger partial charge in [-0.3, -0.25) is 9.69 Å². The topological polar surface area (TPSA) is 45.1 Å². The van der Waals surface area contributed by atoms with E-state index in [1.54, 1.807) is 35.9 Å². The summed E-state index contributed by atoms with van der Waals surface area (Å²) in [5, 5.41) is 2.23. The van der Waals surface area contributed by atoms with Gasteiger partial charge in [-0.25, -0.2) is 4.99 Å². The fraction of sp³-hybridized carbons (Fsp3) is 0.154. The van der Waals surface area contributed by atoms with E-state index in [9.17, 15) is 4.79 Å². The fourth-order valence-electron chi connectivity index (χ4n) is 3.78. The predicted octanol–water partition coefficient (Wildman–Crippen LogP) is 6.57. The first-order valence-corrected chi connectivity index (χ1v) is 12.8. The Hall–Kier alpha value is -2.87. The standard InChI is InChI=1S/C26H22ClN3O2S2/c1-29-21-16-20(32-2)12-13-22(21)33-25(29)23-24(31)30(15-14-17-6-4-3-5-7-17)26(34-23)28-19-10-8-18(27)9-11-19/h3-13,16H,14-15H2,1-2H3/b25-23-,28-26?. The van der Waals surface area contributed by atoms with E-state index in [4.69, 9.17) is 21.3 Å². The molecule has 3 aromatic carbocycles. The molecule has 1 saturated heterocycles. The number of fused-ring (bicyclic) bond motifs is 1. The van der Waals surface area contributed by atoms with Gasteiger partial charge in [0.05, 0.1) is 23.5 Å². The lowest BCUT2D eigenvalue weighted by Crippen LogP contribution is -2.31. The van der Waals surface area contributed by atoms with Crippen molar-refractivity contribution in [2.24, 2.45) is 4.99 Å². The summed E-state index contributed by atoms with van der Waals surface area (Å²) in [6.07, 6.45) is 0.746. The molecule has 2 aliphatic heterocycles. The number of carbonyl (C=O) groups excluding carboxylic acids is 1. The lowest BCUT2D eigenvalue weighted by atomic mass is 10.1. The maximum atomic E-state index is 13.7. The molecule has 172 valence electrons. The molecular formula is C26H22ClN3O2S2. The number of thioether (sulfide) groups is 2. The van der Waals surface area contributed by atoms with E-state index in [2.05, 4.69) is 17.0 Å². The smallest absolute Gasteiger partial charge is 0.269 e. The Balaban J connectivity index is 1.49. The van der Waals surface area contributed by atoms with E-state index in [1.165, 1.54) is 17.3 Å². The van der Waals surface area contributed by atoms with Crippen molar-refractivity contribution >= 4 is 57.6 Å². The van der Waals surface area contributed by atoms with Gasteiger partial charge in [0.15, 0.2) is 5.17 Å². The van der Waals surface area contributed by atoms with E-state index in [0.717, 1.165) is 33.5 Å². The lowest BCUT2D eigenvalue weighted by molar-refractivity contribution is -0.122. The van der Waals surface area contributed by atoms with E-state index in [-0.39, 0.29) is 5.91 Å². The minimum absolute atomic E-state index is 0.0252. The third kappa shape index (κ3) is 4.56. The van der Waals surface area contributed by atoms with Gasteiger partial charge in [0.1, 0.15) is 10.7 Å². The predicted molar refractivity (Wildman–Crippen MR) is 142 cm³/mol. The maximum absolute atomic E-state index is 13.7. The molecular weight excluding hydrogens is 486 g/mol. The van der Waals surface area contributed by atoms with Crippen LogP contribution in [0.2, 0.25) is 5.02 Å². The van der Waals surface area contributed by atoms with Crippen molar-refractivity contribution < 1.29 is 9.53 Å². The summed E-state index contributed by atoms with van der Waals surface area (Å²) in [7, 11) is 3.64. The SMILES string of the molecule is COc1ccc2c(c1)N(C)/C(=C1/SC(=Nc3ccc(Cl)cc3)N(CCc3ccccc3)C1=O)S2. The molecule has 0 unspecified atom stereocenters. The number of amidine groups is 1. The van der Waals surface area contributed by atoms with Crippen molar-refractivity contribution in [3.05, 3.63) is 93.3 Å². The summed E-state index contributed by atoms with van der Waals surface area (Å²) in [6, 6.07) is 23.5. The first kappa shape index (κ1) is 22.9. The van der Waals surface area contributed by atoms with E-state index in [1.807, 2.05) is 55.6 Å². The molecule has 5 nitrogen and oxygen atoms in total. The van der Waals surface area contributed by atoms with Crippen LogP contribution in [0.3, 0.4) is 0 Å². The highest BCUT2D eigenvalue weighted by Crippen LogP contribution is 2.51. The van der Waals surface area contributed by atoms with Crippen LogP contribution in [-0.4, -0.2) is 36.7 Å². The average Bonchev–Trinajstić information content (AvgIpc) is 3.35. The zero-order chi connectivity index (χ0) is 23.7. The number of carbonyl (C=O) groups is 1. The summed E-state index contributed by atoms with van der Waals surface area (Å²) < 4.78 is 5.39. The maximum Gasteiger partial charge on any atom is 0.269 e. The van der Waals surface area contributed by atoms with Crippen molar-refractivity contribution in [1.82, 2.24) is 4.90 Å². The third-order valence-corrected chi connectivity index (χ3v) is 8.30.